The molecule has 2 aromatic carbocycles. The van der Waals surface area contributed by atoms with E-state index in [0.717, 1.165) is 17.7 Å². The molecule has 1 N–H and O–H groups in total. The number of halogens is 3. The van der Waals surface area contributed by atoms with Crippen LogP contribution < -0.4 is 5.32 Å². The summed E-state index contributed by atoms with van der Waals surface area (Å²) in [6.45, 7) is 2.77. The molecule has 1 atom stereocenters. The van der Waals surface area contributed by atoms with Gasteiger partial charge in [0.1, 0.15) is 5.82 Å². The van der Waals surface area contributed by atoms with Crippen LogP contribution in [0.15, 0.2) is 42.5 Å². The second-order valence-corrected chi connectivity index (χ2v) is 5.33. The lowest BCUT2D eigenvalue weighted by Gasteiger charge is -2.20. The number of benzene rings is 2. The molecule has 4 heteroatoms. The Morgan fingerprint density at radius 1 is 1.10 bits per heavy atom. The minimum absolute atomic E-state index is 0.0666. The molecule has 20 heavy (non-hydrogen) atoms. The molecule has 0 aliphatic rings. The van der Waals surface area contributed by atoms with Gasteiger partial charge in [0, 0.05) is 11.1 Å². The first-order chi connectivity index (χ1) is 9.63. The number of hydrogen-bond donors (Lipinski definition) is 1. The fraction of sp³-hybridized carbons (Fsp3) is 0.250. The first-order valence-electron chi connectivity index (χ1n) is 6.54. The highest BCUT2D eigenvalue weighted by Crippen LogP contribution is 2.29. The zero-order valence-electron chi connectivity index (χ0n) is 11.2. The van der Waals surface area contributed by atoms with Crippen molar-refractivity contribution in [1.29, 1.82) is 0 Å². The summed E-state index contributed by atoms with van der Waals surface area (Å²) in [5.74, 6) is -0.397. The van der Waals surface area contributed by atoms with E-state index in [1.54, 1.807) is 6.07 Å². The van der Waals surface area contributed by atoms with Gasteiger partial charge in [0.15, 0.2) is 0 Å². The zero-order chi connectivity index (χ0) is 14.5. The van der Waals surface area contributed by atoms with E-state index in [1.165, 1.54) is 6.07 Å². The highest BCUT2D eigenvalue weighted by molar-refractivity contribution is 6.32. The van der Waals surface area contributed by atoms with Crippen molar-refractivity contribution in [2.24, 2.45) is 0 Å². The normalized spacial score (nSPS) is 12.4. The van der Waals surface area contributed by atoms with Crippen molar-refractivity contribution in [3.63, 3.8) is 0 Å². The van der Waals surface area contributed by atoms with Crippen molar-refractivity contribution >= 4 is 23.2 Å². The van der Waals surface area contributed by atoms with Crippen LogP contribution in [0.5, 0.6) is 0 Å². The van der Waals surface area contributed by atoms with Crippen LogP contribution in [0.1, 0.15) is 24.1 Å². The first kappa shape index (κ1) is 15.3. The number of likely N-dealkylation sites (N-methyl/N-ethyl adjacent to an activating group) is 1. The van der Waals surface area contributed by atoms with Gasteiger partial charge in [0.05, 0.1) is 5.02 Å². The molecule has 2 rings (SSSR count). The number of nitrogens with one attached hydrogen (secondary N) is 1. The van der Waals surface area contributed by atoms with Gasteiger partial charge in [-0.2, -0.15) is 0 Å². The van der Waals surface area contributed by atoms with Crippen molar-refractivity contribution in [2.75, 3.05) is 6.54 Å². The topological polar surface area (TPSA) is 12.0 Å². The van der Waals surface area contributed by atoms with Gasteiger partial charge < -0.3 is 5.32 Å². The lowest BCUT2D eigenvalue weighted by Crippen LogP contribution is -2.23. The van der Waals surface area contributed by atoms with Crippen molar-refractivity contribution in [3.8, 4) is 0 Å². The molecule has 0 fully saturated rings. The molecule has 0 radical (unpaired) electrons. The highest BCUT2D eigenvalue weighted by atomic mass is 35.5. The Balaban J connectivity index is 2.32. The summed E-state index contributed by atoms with van der Waals surface area (Å²) in [6, 6.07) is 12.5. The molecular formula is C16H16Cl2FN. The average Bonchev–Trinajstić information content (AvgIpc) is 2.44. The Morgan fingerprint density at radius 2 is 1.85 bits per heavy atom. The molecule has 1 unspecified atom stereocenters. The van der Waals surface area contributed by atoms with Gasteiger partial charge in [-0.15, -0.1) is 0 Å². The SMILES string of the molecule is CCNC(Cc1ccccc1Cl)c1cccc(F)c1Cl. The van der Waals surface area contributed by atoms with E-state index in [-0.39, 0.29) is 11.1 Å². The molecule has 2 aromatic rings. The van der Waals surface area contributed by atoms with Crippen LogP contribution in [0.4, 0.5) is 4.39 Å². The maximum atomic E-state index is 13.6. The minimum atomic E-state index is -0.397. The molecule has 0 bridgehead atoms. The fourth-order valence-electron chi connectivity index (χ4n) is 2.21. The summed E-state index contributed by atoms with van der Waals surface area (Å²) in [5, 5.41) is 4.22. The van der Waals surface area contributed by atoms with E-state index < -0.39 is 5.82 Å². The first-order valence-corrected chi connectivity index (χ1v) is 7.29. The summed E-state index contributed by atoms with van der Waals surface area (Å²) in [5.41, 5.74) is 1.77. The molecule has 0 spiro atoms. The lowest BCUT2D eigenvalue weighted by atomic mass is 9.98. The summed E-state index contributed by atoms with van der Waals surface area (Å²) in [4.78, 5) is 0. The van der Waals surface area contributed by atoms with Crippen LogP contribution in [0.3, 0.4) is 0 Å². The second-order valence-electron chi connectivity index (χ2n) is 4.55. The van der Waals surface area contributed by atoms with Gasteiger partial charge in [-0.3, -0.25) is 0 Å². The zero-order valence-corrected chi connectivity index (χ0v) is 12.7. The van der Waals surface area contributed by atoms with E-state index in [9.17, 15) is 4.39 Å². The maximum Gasteiger partial charge on any atom is 0.142 e. The summed E-state index contributed by atoms with van der Waals surface area (Å²) >= 11 is 12.3. The third-order valence-corrected chi connectivity index (χ3v) is 3.96. The van der Waals surface area contributed by atoms with Gasteiger partial charge in [0.25, 0.3) is 0 Å². The number of hydrogen-bond acceptors (Lipinski definition) is 1. The molecule has 0 aromatic heterocycles. The van der Waals surface area contributed by atoms with Crippen molar-refractivity contribution in [2.45, 2.75) is 19.4 Å². The highest BCUT2D eigenvalue weighted by Gasteiger charge is 2.17. The molecule has 0 aliphatic carbocycles. The molecule has 1 nitrogen and oxygen atoms in total. The largest absolute Gasteiger partial charge is 0.310 e. The Bertz CT molecular complexity index is 586. The molecule has 0 saturated heterocycles. The van der Waals surface area contributed by atoms with Gasteiger partial charge >= 0.3 is 0 Å². The average molecular weight is 312 g/mol. The van der Waals surface area contributed by atoms with Gasteiger partial charge in [0.2, 0.25) is 0 Å². The molecule has 0 aliphatic heterocycles. The Labute approximate surface area is 128 Å². The van der Waals surface area contributed by atoms with Crippen molar-refractivity contribution in [3.05, 3.63) is 69.5 Å². The van der Waals surface area contributed by atoms with Crippen LogP contribution in [-0.4, -0.2) is 6.54 Å². The third kappa shape index (κ3) is 3.51. The Hall–Kier alpha value is -1.09. The standard InChI is InChI=1S/C16H16Cl2FN/c1-2-20-15(10-11-6-3-4-8-13(11)17)12-7-5-9-14(19)16(12)18/h3-9,15,20H,2,10H2,1H3. The predicted molar refractivity (Wildman–Crippen MR) is 83.0 cm³/mol. The monoisotopic (exact) mass is 311 g/mol. The van der Waals surface area contributed by atoms with E-state index in [2.05, 4.69) is 5.32 Å². The molecule has 0 amide bonds. The van der Waals surface area contributed by atoms with E-state index in [1.807, 2.05) is 37.3 Å². The number of rotatable bonds is 5. The van der Waals surface area contributed by atoms with Crippen LogP contribution in [0.2, 0.25) is 10.0 Å². The molecule has 0 heterocycles. The van der Waals surface area contributed by atoms with Gasteiger partial charge in [-0.05, 0) is 36.2 Å². The van der Waals surface area contributed by atoms with Crippen LogP contribution in [0, 0.1) is 5.82 Å². The quantitative estimate of drug-likeness (QED) is 0.817. The summed E-state index contributed by atoms with van der Waals surface area (Å²) < 4.78 is 13.6. The smallest absolute Gasteiger partial charge is 0.142 e. The fourth-order valence-corrected chi connectivity index (χ4v) is 2.68. The van der Waals surface area contributed by atoms with Crippen LogP contribution >= 0.6 is 23.2 Å². The Kier molecular flexibility index (Phi) is 5.41. The maximum absolute atomic E-state index is 13.6. The Morgan fingerprint density at radius 3 is 2.55 bits per heavy atom. The molecule has 0 saturated carbocycles. The molecule has 106 valence electrons. The van der Waals surface area contributed by atoms with Crippen molar-refractivity contribution < 1.29 is 4.39 Å². The van der Waals surface area contributed by atoms with Crippen LogP contribution in [-0.2, 0) is 6.42 Å². The summed E-state index contributed by atoms with van der Waals surface area (Å²) in [6.07, 6.45) is 0.663. The predicted octanol–water partition coefficient (Wildman–Crippen LogP) is 5.03. The van der Waals surface area contributed by atoms with E-state index in [4.69, 9.17) is 23.2 Å². The second kappa shape index (κ2) is 7.07. The lowest BCUT2D eigenvalue weighted by molar-refractivity contribution is 0.543. The van der Waals surface area contributed by atoms with E-state index >= 15 is 0 Å². The summed E-state index contributed by atoms with van der Waals surface area (Å²) in [7, 11) is 0. The van der Waals surface area contributed by atoms with Gasteiger partial charge in [-0.1, -0.05) is 60.5 Å². The van der Waals surface area contributed by atoms with Crippen molar-refractivity contribution in [1.82, 2.24) is 5.32 Å². The third-order valence-electron chi connectivity index (χ3n) is 3.19. The van der Waals surface area contributed by atoms with E-state index in [0.29, 0.717) is 11.4 Å². The van der Waals surface area contributed by atoms with Gasteiger partial charge in [-0.25, -0.2) is 4.39 Å². The molecular weight excluding hydrogens is 296 g/mol. The van der Waals surface area contributed by atoms with Crippen LogP contribution in [0.25, 0.3) is 0 Å². The minimum Gasteiger partial charge on any atom is -0.310 e.